The van der Waals surface area contributed by atoms with E-state index in [-0.39, 0.29) is 22.9 Å². The van der Waals surface area contributed by atoms with Crippen molar-refractivity contribution >= 4 is 40.7 Å². The van der Waals surface area contributed by atoms with Crippen molar-refractivity contribution in [3.05, 3.63) is 35.4 Å². The maximum atomic E-state index is 12.5. The summed E-state index contributed by atoms with van der Waals surface area (Å²) in [5.41, 5.74) is 0.529. The van der Waals surface area contributed by atoms with Gasteiger partial charge in [0, 0.05) is 0 Å². The molecule has 9 heteroatoms. The fourth-order valence-electron chi connectivity index (χ4n) is 2.43. The third-order valence-electron chi connectivity index (χ3n) is 3.93. The quantitative estimate of drug-likeness (QED) is 0.358. The van der Waals surface area contributed by atoms with Crippen LogP contribution in [0.2, 0.25) is 0 Å². The van der Waals surface area contributed by atoms with E-state index in [1.54, 1.807) is 30.5 Å². The SMILES string of the molecule is CCCCOC(=O)N=C(NC(=O)[C@H](C)N1C(=O)c2ccccc2C1=O)SC. The number of ether oxygens (including phenoxy) is 1. The van der Waals surface area contributed by atoms with Crippen molar-refractivity contribution in [3.63, 3.8) is 0 Å². The maximum Gasteiger partial charge on any atom is 0.436 e. The summed E-state index contributed by atoms with van der Waals surface area (Å²) in [5.74, 6) is -1.68. The minimum Gasteiger partial charge on any atom is -0.448 e. The third-order valence-corrected chi connectivity index (χ3v) is 4.51. The lowest BCUT2D eigenvalue weighted by atomic mass is 10.1. The fourth-order valence-corrected chi connectivity index (χ4v) is 2.80. The lowest BCUT2D eigenvalue weighted by molar-refractivity contribution is -0.123. The summed E-state index contributed by atoms with van der Waals surface area (Å²) in [7, 11) is 0. The zero-order valence-corrected chi connectivity index (χ0v) is 16.2. The van der Waals surface area contributed by atoms with Gasteiger partial charge in [0.25, 0.3) is 11.8 Å². The van der Waals surface area contributed by atoms with Gasteiger partial charge in [-0.2, -0.15) is 4.99 Å². The zero-order valence-electron chi connectivity index (χ0n) is 15.4. The van der Waals surface area contributed by atoms with E-state index < -0.39 is 29.9 Å². The summed E-state index contributed by atoms with van der Waals surface area (Å²) in [6.07, 6.45) is 2.42. The Hall–Kier alpha value is -2.68. The molecule has 1 aliphatic heterocycles. The number of hydrogen-bond acceptors (Lipinski definition) is 6. The number of nitrogens with one attached hydrogen (secondary N) is 1. The largest absolute Gasteiger partial charge is 0.448 e. The van der Waals surface area contributed by atoms with Crippen LogP contribution < -0.4 is 5.32 Å². The smallest absolute Gasteiger partial charge is 0.436 e. The molecule has 0 saturated carbocycles. The summed E-state index contributed by atoms with van der Waals surface area (Å²) in [6, 6.07) is 5.33. The third kappa shape index (κ3) is 4.73. The Morgan fingerprint density at radius 2 is 1.81 bits per heavy atom. The molecule has 4 amide bonds. The summed E-state index contributed by atoms with van der Waals surface area (Å²) in [5, 5.41) is 2.49. The first-order chi connectivity index (χ1) is 12.9. The van der Waals surface area contributed by atoms with Gasteiger partial charge in [0.05, 0.1) is 17.7 Å². The monoisotopic (exact) mass is 391 g/mol. The number of amidine groups is 1. The molecule has 1 aromatic rings. The molecule has 0 aromatic heterocycles. The molecule has 1 aliphatic rings. The lowest BCUT2D eigenvalue weighted by Crippen LogP contribution is -2.48. The number of hydrogen-bond donors (Lipinski definition) is 1. The molecule has 0 radical (unpaired) electrons. The number of rotatable bonds is 5. The van der Waals surface area contributed by atoms with Crippen LogP contribution in [0, 0.1) is 0 Å². The first-order valence-electron chi connectivity index (χ1n) is 8.47. The number of aliphatic imine (C=N–C) groups is 1. The molecule has 1 N–H and O–H groups in total. The van der Waals surface area contributed by atoms with Gasteiger partial charge in [0.15, 0.2) is 5.17 Å². The predicted molar refractivity (Wildman–Crippen MR) is 102 cm³/mol. The van der Waals surface area contributed by atoms with E-state index in [0.717, 1.165) is 29.5 Å². The molecule has 2 rings (SSSR count). The number of carbonyl (C=O) groups is 4. The van der Waals surface area contributed by atoms with Crippen molar-refractivity contribution in [3.8, 4) is 0 Å². The highest BCUT2D eigenvalue weighted by Gasteiger charge is 2.40. The van der Waals surface area contributed by atoms with E-state index in [2.05, 4.69) is 10.3 Å². The zero-order chi connectivity index (χ0) is 20.0. The first-order valence-corrected chi connectivity index (χ1v) is 9.70. The number of benzene rings is 1. The number of unbranched alkanes of at least 4 members (excludes halogenated alkanes) is 1. The first kappa shape index (κ1) is 20.6. The summed E-state index contributed by atoms with van der Waals surface area (Å²) < 4.78 is 4.92. The second-order valence-electron chi connectivity index (χ2n) is 5.78. The molecule has 8 nitrogen and oxygen atoms in total. The van der Waals surface area contributed by atoms with Crippen LogP contribution in [0.25, 0.3) is 0 Å². The van der Waals surface area contributed by atoms with Gasteiger partial charge >= 0.3 is 6.09 Å². The van der Waals surface area contributed by atoms with E-state index in [1.807, 2.05) is 6.92 Å². The van der Waals surface area contributed by atoms with Crippen LogP contribution in [0.5, 0.6) is 0 Å². The molecule has 1 heterocycles. The number of carbonyl (C=O) groups excluding carboxylic acids is 4. The summed E-state index contributed by atoms with van der Waals surface area (Å²) in [6.45, 7) is 3.65. The van der Waals surface area contributed by atoms with Crippen LogP contribution >= 0.6 is 11.8 Å². The van der Waals surface area contributed by atoms with Gasteiger partial charge in [0.1, 0.15) is 6.04 Å². The van der Waals surface area contributed by atoms with Crippen molar-refractivity contribution in [1.29, 1.82) is 0 Å². The van der Waals surface area contributed by atoms with Gasteiger partial charge in [-0.25, -0.2) is 4.79 Å². The molecule has 0 fully saturated rings. The molecule has 0 unspecified atom stereocenters. The van der Waals surface area contributed by atoms with Gasteiger partial charge in [-0.05, 0) is 31.7 Å². The summed E-state index contributed by atoms with van der Waals surface area (Å²) in [4.78, 5) is 53.6. The molecule has 0 bridgehead atoms. The number of amides is 4. The van der Waals surface area contributed by atoms with Gasteiger partial charge in [-0.1, -0.05) is 37.2 Å². The Bertz CT molecular complexity index is 758. The van der Waals surface area contributed by atoms with E-state index in [9.17, 15) is 19.2 Å². The molecular weight excluding hydrogens is 370 g/mol. The Labute approximate surface area is 161 Å². The number of fused-ring (bicyclic) bond motifs is 1. The minimum atomic E-state index is -1.06. The standard InChI is InChI=1S/C18H21N3O5S/c1-4-5-10-26-18(25)20-17(27-3)19-14(22)11(2)21-15(23)12-8-6-7-9-13(12)16(21)24/h6-9,11H,4-5,10H2,1-3H3,(H,19,20,22,25)/t11-/m0/s1. The van der Waals surface area contributed by atoms with Crippen molar-refractivity contribution < 1.29 is 23.9 Å². The van der Waals surface area contributed by atoms with Crippen LogP contribution in [0.15, 0.2) is 29.3 Å². The number of nitrogens with zero attached hydrogens (tertiary/aromatic N) is 2. The van der Waals surface area contributed by atoms with Gasteiger partial charge < -0.3 is 10.1 Å². The van der Waals surface area contributed by atoms with E-state index in [0.29, 0.717) is 0 Å². The van der Waals surface area contributed by atoms with Gasteiger partial charge in [-0.3, -0.25) is 19.3 Å². The number of imide groups is 1. The van der Waals surface area contributed by atoms with Crippen molar-refractivity contribution in [2.75, 3.05) is 12.9 Å². The van der Waals surface area contributed by atoms with Gasteiger partial charge in [-0.15, -0.1) is 0 Å². The second-order valence-corrected chi connectivity index (χ2v) is 6.58. The Morgan fingerprint density at radius 3 is 2.33 bits per heavy atom. The van der Waals surface area contributed by atoms with Gasteiger partial charge in [0.2, 0.25) is 5.91 Å². The second kappa shape index (κ2) is 9.31. The lowest BCUT2D eigenvalue weighted by Gasteiger charge is -2.21. The molecule has 0 aliphatic carbocycles. The topological polar surface area (TPSA) is 105 Å². The van der Waals surface area contributed by atoms with Crippen molar-refractivity contribution in [1.82, 2.24) is 10.2 Å². The van der Waals surface area contributed by atoms with Crippen LogP contribution in [0.4, 0.5) is 4.79 Å². The Balaban J connectivity index is 2.05. The maximum absolute atomic E-state index is 12.5. The van der Waals surface area contributed by atoms with E-state index in [4.69, 9.17) is 4.74 Å². The number of thioether (sulfide) groups is 1. The van der Waals surface area contributed by atoms with Crippen molar-refractivity contribution in [2.24, 2.45) is 4.99 Å². The van der Waals surface area contributed by atoms with E-state index >= 15 is 0 Å². The average molecular weight is 391 g/mol. The molecule has 0 spiro atoms. The van der Waals surface area contributed by atoms with Crippen LogP contribution in [0.3, 0.4) is 0 Å². The highest BCUT2D eigenvalue weighted by atomic mass is 32.2. The highest BCUT2D eigenvalue weighted by molar-refractivity contribution is 8.13. The molecule has 144 valence electrons. The predicted octanol–water partition coefficient (Wildman–Crippen LogP) is 2.44. The highest BCUT2D eigenvalue weighted by Crippen LogP contribution is 2.24. The Morgan fingerprint density at radius 1 is 1.22 bits per heavy atom. The average Bonchev–Trinajstić information content (AvgIpc) is 2.91. The summed E-state index contributed by atoms with van der Waals surface area (Å²) >= 11 is 1.04. The molecule has 0 saturated heterocycles. The van der Waals surface area contributed by atoms with Crippen LogP contribution in [-0.2, 0) is 9.53 Å². The van der Waals surface area contributed by atoms with E-state index in [1.165, 1.54) is 6.92 Å². The minimum absolute atomic E-state index is 0.0324. The molecule has 1 atom stereocenters. The molecular formula is C18H21N3O5S. The van der Waals surface area contributed by atoms with Crippen LogP contribution in [0.1, 0.15) is 47.4 Å². The van der Waals surface area contributed by atoms with Crippen LogP contribution in [-0.4, -0.2) is 52.8 Å². The normalized spacial score (nSPS) is 14.8. The molecule has 1 aromatic carbocycles. The fraction of sp³-hybridized carbons (Fsp3) is 0.389. The van der Waals surface area contributed by atoms with Crippen molar-refractivity contribution in [2.45, 2.75) is 32.7 Å². The molecule has 27 heavy (non-hydrogen) atoms. The Kier molecular flexibility index (Phi) is 7.12.